The highest BCUT2D eigenvalue weighted by atomic mass is 16.4. The molecule has 6 heteroatoms. The molecule has 0 heterocycles. The number of hydrogen-bond acceptors (Lipinski definition) is 6. The normalized spacial score (nSPS) is 16.2. The van der Waals surface area contributed by atoms with E-state index < -0.39 is 48.5 Å². The summed E-state index contributed by atoms with van der Waals surface area (Å²) in [4.78, 5) is 0. The van der Waals surface area contributed by atoms with Crippen molar-refractivity contribution < 1.29 is 30.6 Å². The molecule has 6 N–H and O–H groups in total. The largest absolute Gasteiger partial charge is 0.390 e. The van der Waals surface area contributed by atoms with Crippen LogP contribution in [0.15, 0.2) is 0 Å². The number of unbranched alkanes of at least 4 members (excludes halogenated alkanes) is 30. The van der Waals surface area contributed by atoms with Crippen LogP contribution >= 0.6 is 0 Å². The average molecular weight is 763 g/mol. The molecule has 0 spiro atoms. The van der Waals surface area contributed by atoms with Gasteiger partial charge in [0.25, 0.3) is 0 Å². The predicted molar refractivity (Wildman–Crippen MR) is 229 cm³/mol. The van der Waals surface area contributed by atoms with Gasteiger partial charge < -0.3 is 30.6 Å². The summed E-state index contributed by atoms with van der Waals surface area (Å²) < 4.78 is 0. The van der Waals surface area contributed by atoms with Crippen LogP contribution in [0.3, 0.4) is 0 Å². The SMILES string of the molecule is C#CC[C@@](O)(C(O)CCCCCCCCCCCCCCCCCC)[C@@H](O)[C@H](O)[C@@](O)(CC#C)C(O)CCCCCCCCCCCCCCCCCC. The Kier molecular flexibility index (Phi) is 35.5. The van der Waals surface area contributed by atoms with Crippen LogP contribution in [0.25, 0.3) is 0 Å². The fourth-order valence-electron chi connectivity index (χ4n) is 7.98. The lowest BCUT2D eigenvalue weighted by molar-refractivity contribution is -0.232. The van der Waals surface area contributed by atoms with Crippen LogP contribution < -0.4 is 0 Å². The number of aliphatic hydroxyl groups is 6. The van der Waals surface area contributed by atoms with Crippen molar-refractivity contribution >= 4 is 0 Å². The molecule has 0 aliphatic carbocycles. The Labute approximate surface area is 335 Å². The van der Waals surface area contributed by atoms with Gasteiger partial charge in [0.2, 0.25) is 0 Å². The van der Waals surface area contributed by atoms with Crippen molar-refractivity contribution in [3.8, 4) is 24.7 Å². The molecule has 0 aliphatic rings. The average Bonchev–Trinajstić information content (AvgIpc) is 3.16. The molecule has 0 aromatic heterocycles. The molecular weight excluding hydrogens is 673 g/mol. The van der Waals surface area contributed by atoms with Crippen molar-refractivity contribution in [3.05, 3.63) is 0 Å². The molecule has 0 fully saturated rings. The lowest BCUT2D eigenvalue weighted by Gasteiger charge is -2.44. The molecule has 0 amide bonds. The van der Waals surface area contributed by atoms with Crippen molar-refractivity contribution in [1.29, 1.82) is 0 Å². The van der Waals surface area contributed by atoms with Gasteiger partial charge in [0, 0.05) is 12.8 Å². The van der Waals surface area contributed by atoms with E-state index in [0.29, 0.717) is 12.8 Å². The van der Waals surface area contributed by atoms with Gasteiger partial charge >= 0.3 is 0 Å². The van der Waals surface area contributed by atoms with Gasteiger partial charge in [-0.1, -0.05) is 219 Å². The van der Waals surface area contributed by atoms with E-state index in [2.05, 4.69) is 25.7 Å². The first kappa shape index (κ1) is 52.9. The maximum Gasteiger partial charge on any atom is 0.130 e. The molecule has 6 atom stereocenters. The van der Waals surface area contributed by atoms with E-state index in [-0.39, 0.29) is 12.8 Å². The summed E-state index contributed by atoms with van der Waals surface area (Å²) >= 11 is 0. The first-order valence-corrected chi connectivity index (χ1v) is 23.2. The Bertz CT molecular complexity index is 825. The molecule has 0 saturated carbocycles. The first-order valence-electron chi connectivity index (χ1n) is 23.2. The van der Waals surface area contributed by atoms with Gasteiger partial charge in [-0.2, -0.15) is 0 Å². The van der Waals surface area contributed by atoms with Crippen molar-refractivity contribution in [3.63, 3.8) is 0 Å². The van der Waals surface area contributed by atoms with Gasteiger partial charge in [0.15, 0.2) is 0 Å². The molecule has 6 nitrogen and oxygen atoms in total. The quantitative estimate of drug-likeness (QED) is 0.0272. The number of rotatable bonds is 41. The zero-order valence-corrected chi connectivity index (χ0v) is 35.6. The topological polar surface area (TPSA) is 121 Å². The maximum atomic E-state index is 11.4. The zero-order valence-electron chi connectivity index (χ0n) is 35.6. The zero-order chi connectivity index (χ0) is 40.2. The lowest BCUT2D eigenvalue weighted by atomic mass is 9.74. The second-order valence-electron chi connectivity index (χ2n) is 16.8. The number of hydrogen-bond donors (Lipinski definition) is 6. The highest BCUT2D eigenvalue weighted by molar-refractivity contribution is 5.11. The van der Waals surface area contributed by atoms with Gasteiger partial charge in [-0.25, -0.2) is 0 Å². The van der Waals surface area contributed by atoms with Crippen LogP contribution in [0.2, 0.25) is 0 Å². The van der Waals surface area contributed by atoms with E-state index in [1.54, 1.807) is 0 Å². The van der Waals surface area contributed by atoms with Crippen molar-refractivity contribution in [2.24, 2.45) is 0 Å². The minimum atomic E-state index is -2.26. The van der Waals surface area contributed by atoms with Crippen molar-refractivity contribution in [2.45, 2.75) is 281 Å². The third-order valence-corrected chi connectivity index (χ3v) is 11.9. The van der Waals surface area contributed by atoms with Crippen LogP contribution in [0.1, 0.15) is 245 Å². The van der Waals surface area contributed by atoms with E-state index in [1.165, 1.54) is 154 Å². The molecule has 0 aromatic rings. The second-order valence-corrected chi connectivity index (χ2v) is 16.8. The van der Waals surface area contributed by atoms with E-state index >= 15 is 0 Å². The highest BCUT2D eigenvalue weighted by Crippen LogP contribution is 2.34. The van der Waals surface area contributed by atoms with E-state index in [9.17, 15) is 30.6 Å². The molecule has 0 radical (unpaired) electrons. The molecule has 0 aromatic carbocycles. The Hall–Kier alpha value is -1.12. The van der Waals surface area contributed by atoms with E-state index in [4.69, 9.17) is 12.8 Å². The maximum absolute atomic E-state index is 11.4. The van der Waals surface area contributed by atoms with Gasteiger partial charge in [-0.15, -0.1) is 24.7 Å². The highest BCUT2D eigenvalue weighted by Gasteiger charge is 2.53. The third kappa shape index (κ3) is 25.2. The van der Waals surface area contributed by atoms with Crippen LogP contribution in [-0.2, 0) is 0 Å². The Morgan fingerprint density at radius 2 is 0.537 bits per heavy atom. The minimum Gasteiger partial charge on any atom is -0.390 e. The summed E-state index contributed by atoms with van der Waals surface area (Å²) in [5.74, 6) is 4.63. The minimum absolute atomic E-state index is 0.190. The monoisotopic (exact) mass is 763 g/mol. The molecule has 318 valence electrons. The summed E-state index contributed by atoms with van der Waals surface area (Å²) in [5.41, 5.74) is -4.53. The van der Waals surface area contributed by atoms with Crippen molar-refractivity contribution in [1.82, 2.24) is 0 Å². The summed E-state index contributed by atoms with van der Waals surface area (Å²) in [6, 6.07) is 0. The Morgan fingerprint density at radius 1 is 0.352 bits per heavy atom. The molecule has 0 aliphatic heterocycles. The van der Waals surface area contributed by atoms with Crippen LogP contribution in [0, 0.1) is 24.7 Å². The lowest BCUT2D eigenvalue weighted by Crippen LogP contribution is -2.65. The first-order chi connectivity index (χ1) is 26.1. The fourth-order valence-corrected chi connectivity index (χ4v) is 7.98. The van der Waals surface area contributed by atoms with Gasteiger partial charge in [-0.3, -0.25) is 0 Å². The summed E-state index contributed by atoms with van der Waals surface area (Å²) in [5, 5.41) is 67.3. The standard InChI is InChI=1S/C48H90O6/c1-5-9-11-13-15-17-19-21-23-25-27-29-31-33-35-37-39-43(49)47(53,41-7-3)45(51)46(52)48(54,42-8-4)44(50)40-38-36-34-32-30-28-26-24-22-20-18-16-14-12-10-6-2/h3-4,43-46,49-54H,5-6,9-42H2,1-2H3/t43?,44?,45-,46-,47+,48+/m0/s1. The van der Waals surface area contributed by atoms with E-state index in [1.807, 2.05) is 0 Å². The summed E-state index contributed by atoms with van der Waals surface area (Å²) in [7, 11) is 0. The van der Waals surface area contributed by atoms with Gasteiger partial charge in [0.1, 0.15) is 23.4 Å². The van der Waals surface area contributed by atoms with Crippen LogP contribution in [0.5, 0.6) is 0 Å². The molecule has 54 heavy (non-hydrogen) atoms. The Morgan fingerprint density at radius 3 is 0.722 bits per heavy atom. The Balaban J connectivity index is 4.44. The number of terminal acetylenes is 2. The smallest absolute Gasteiger partial charge is 0.130 e. The molecule has 0 saturated heterocycles. The molecule has 0 bridgehead atoms. The molecular formula is C48H90O6. The number of aliphatic hydroxyl groups excluding tert-OH is 4. The van der Waals surface area contributed by atoms with Gasteiger partial charge in [-0.05, 0) is 12.8 Å². The third-order valence-electron chi connectivity index (χ3n) is 11.9. The van der Waals surface area contributed by atoms with Gasteiger partial charge in [0.05, 0.1) is 12.2 Å². The van der Waals surface area contributed by atoms with E-state index in [0.717, 1.165) is 38.5 Å². The fraction of sp³-hybridized carbons (Fsp3) is 0.917. The van der Waals surface area contributed by atoms with Crippen molar-refractivity contribution in [2.75, 3.05) is 0 Å². The van der Waals surface area contributed by atoms with Crippen LogP contribution in [-0.4, -0.2) is 66.3 Å². The molecule has 0 rings (SSSR count). The predicted octanol–water partition coefficient (Wildman–Crippen LogP) is 11.2. The second kappa shape index (κ2) is 36.2. The molecule has 2 unspecified atom stereocenters. The van der Waals surface area contributed by atoms with Crippen LogP contribution in [0.4, 0.5) is 0 Å². The summed E-state index contributed by atoms with van der Waals surface area (Å²) in [6.07, 6.45) is 42.9. The summed E-state index contributed by atoms with van der Waals surface area (Å²) in [6.45, 7) is 4.52.